The molecule has 0 aromatic carbocycles. The van der Waals surface area contributed by atoms with Gasteiger partial charge in [0.25, 0.3) is 0 Å². The molecule has 0 spiro atoms. The lowest BCUT2D eigenvalue weighted by atomic mass is 10.3. The molecule has 5 nitrogen and oxygen atoms in total. The van der Waals surface area contributed by atoms with Gasteiger partial charge in [0.2, 0.25) is 0 Å². The number of aryl methyl sites for hydroxylation is 1. The van der Waals surface area contributed by atoms with Crippen molar-refractivity contribution in [1.29, 1.82) is 0 Å². The van der Waals surface area contributed by atoms with Crippen LogP contribution in [0.25, 0.3) is 10.1 Å². The predicted octanol–water partition coefficient (Wildman–Crippen LogP) is 2.86. The van der Waals surface area contributed by atoms with Crippen molar-refractivity contribution in [3.8, 4) is 0 Å². The molecule has 0 saturated carbocycles. The molecule has 0 unspecified atom stereocenters. The molecule has 2 N–H and O–H groups in total. The van der Waals surface area contributed by atoms with Gasteiger partial charge in [0.1, 0.15) is 16.7 Å². The van der Waals surface area contributed by atoms with Gasteiger partial charge in [-0.15, -0.1) is 11.3 Å². The van der Waals surface area contributed by atoms with E-state index in [0.717, 1.165) is 9.35 Å². The summed E-state index contributed by atoms with van der Waals surface area (Å²) in [6.07, 6.45) is 1.19. The summed E-state index contributed by atoms with van der Waals surface area (Å²) < 4.78 is 1.35. The van der Waals surface area contributed by atoms with Crippen molar-refractivity contribution in [3.05, 3.63) is 25.7 Å². The summed E-state index contributed by atoms with van der Waals surface area (Å²) in [6, 6.07) is 0. The molecule has 78 valence electrons. The zero-order valence-corrected chi connectivity index (χ0v) is 10.1. The van der Waals surface area contributed by atoms with Crippen molar-refractivity contribution in [3.63, 3.8) is 0 Å². The van der Waals surface area contributed by atoms with Gasteiger partial charge >= 0.3 is 5.69 Å². The van der Waals surface area contributed by atoms with Crippen LogP contribution in [0.15, 0.2) is 10.7 Å². The number of nitrogen functional groups attached to an aromatic ring is 1. The molecular formula is C8H6BrN3O2S. The summed E-state index contributed by atoms with van der Waals surface area (Å²) in [4.78, 5) is 15.1. The number of rotatable bonds is 1. The fraction of sp³-hybridized carbons (Fsp3) is 0.125. The second kappa shape index (κ2) is 3.42. The molecule has 0 bridgehead atoms. The Balaban J connectivity index is 2.95. The van der Waals surface area contributed by atoms with E-state index in [1.54, 1.807) is 0 Å². The molecular weight excluding hydrogens is 282 g/mol. The average Bonchev–Trinajstić information content (AvgIpc) is 2.44. The van der Waals surface area contributed by atoms with Gasteiger partial charge in [0.05, 0.1) is 10.3 Å². The molecule has 2 heterocycles. The quantitative estimate of drug-likeness (QED) is 0.646. The molecule has 0 aliphatic rings. The molecule has 2 rings (SSSR count). The first kappa shape index (κ1) is 10.3. The highest BCUT2D eigenvalue weighted by Crippen LogP contribution is 2.41. The molecule has 0 aliphatic heterocycles. The Morgan fingerprint density at radius 3 is 2.93 bits per heavy atom. The third-order valence-electron chi connectivity index (χ3n) is 2.02. The highest BCUT2D eigenvalue weighted by molar-refractivity contribution is 9.10. The van der Waals surface area contributed by atoms with E-state index in [9.17, 15) is 10.1 Å². The van der Waals surface area contributed by atoms with Crippen molar-refractivity contribution in [2.24, 2.45) is 0 Å². The van der Waals surface area contributed by atoms with E-state index in [1.807, 2.05) is 6.92 Å². The summed E-state index contributed by atoms with van der Waals surface area (Å²) in [5.41, 5.74) is 5.68. The molecule has 0 atom stereocenters. The summed E-state index contributed by atoms with van der Waals surface area (Å²) in [5, 5.41) is 11.4. The first-order chi connectivity index (χ1) is 7.02. The number of hydrogen-bond donors (Lipinski definition) is 1. The Labute approximate surface area is 97.2 Å². The van der Waals surface area contributed by atoms with Crippen LogP contribution < -0.4 is 5.73 Å². The number of halogens is 1. The first-order valence-electron chi connectivity index (χ1n) is 4.00. The fourth-order valence-corrected chi connectivity index (χ4v) is 3.13. The summed E-state index contributed by atoms with van der Waals surface area (Å²) >= 11 is 4.69. The SMILES string of the molecule is Cc1sc2c([N+](=O)[O-])cnc(N)c2c1Br. The Morgan fingerprint density at radius 1 is 1.67 bits per heavy atom. The van der Waals surface area contributed by atoms with Gasteiger partial charge in [0, 0.05) is 9.35 Å². The number of nitrogens with zero attached hydrogens (tertiary/aromatic N) is 2. The minimum atomic E-state index is -0.447. The van der Waals surface area contributed by atoms with Gasteiger partial charge in [-0.25, -0.2) is 4.98 Å². The Bertz CT molecular complexity index is 567. The molecule has 0 radical (unpaired) electrons. The van der Waals surface area contributed by atoms with Gasteiger partial charge in [-0.1, -0.05) is 0 Å². The number of anilines is 1. The minimum Gasteiger partial charge on any atom is -0.383 e. The molecule has 0 fully saturated rings. The van der Waals surface area contributed by atoms with Crippen molar-refractivity contribution >= 4 is 48.9 Å². The largest absolute Gasteiger partial charge is 0.383 e. The number of aromatic nitrogens is 1. The number of nitro groups is 1. The zero-order chi connectivity index (χ0) is 11.2. The topological polar surface area (TPSA) is 82.0 Å². The molecule has 0 aliphatic carbocycles. The van der Waals surface area contributed by atoms with Crippen molar-refractivity contribution in [2.45, 2.75) is 6.92 Å². The van der Waals surface area contributed by atoms with Crippen molar-refractivity contribution < 1.29 is 4.92 Å². The van der Waals surface area contributed by atoms with Crippen LogP contribution in [0.2, 0.25) is 0 Å². The van der Waals surface area contributed by atoms with E-state index in [1.165, 1.54) is 17.5 Å². The molecule has 0 saturated heterocycles. The lowest BCUT2D eigenvalue weighted by molar-refractivity contribution is -0.383. The smallest absolute Gasteiger partial charge is 0.305 e. The second-order valence-corrected chi connectivity index (χ2v) is 4.98. The standard InChI is InChI=1S/C8H6BrN3O2S/c1-3-6(9)5-7(15-3)4(12(13)14)2-11-8(5)10/h2H,1H3,(H2,10,11). The minimum absolute atomic E-state index is 0.00185. The lowest BCUT2D eigenvalue weighted by Gasteiger charge is -1.97. The summed E-state index contributed by atoms with van der Waals surface area (Å²) in [7, 11) is 0. The highest BCUT2D eigenvalue weighted by atomic mass is 79.9. The van der Waals surface area contributed by atoms with Crippen molar-refractivity contribution in [2.75, 3.05) is 5.73 Å². The fourth-order valence-electron chi connectivity index (χ4n) is 1.32. The lowest BCUT2D eigenvalue weighted by Crippen LogP contribution is -1.94. The van der Waals surface area contributed by atoms with E-state index in [4.69, 9.17) is 5.73 Å². The zero-order valence-electron chi connectivity index (χ0n) is 7.65. The van der Waals surface area contributed by atoms with Crippen LogP contribution in [0.3, 0.4) is 0 Å². The van der Waals surface area contributed by atoms with Gasteiger partial charge < -0.3 is 5.73 Å². The van der Waals surface area contributed by atoms with Crippen LogP contribution in [0.5, 0.6) is 0 Å². The monoisotopic (exact) mass is 287 g/mol. The number of nitrogens with two attached hydrogens (primary N) is 1. The molecule has 0 amide bonds. The maximum Gasteiger partial charge on any atom is 0.305 e. The van der Waals surface area contributed by atoms with Gasteiger partial charge in [-0.2, -0.15) is 0 Å². The Hall–Kier alpha value is -1.21. The summed E-state index contributed by atoms with van der Waals surface area (Å²) in [5.74, 6) is 0.312. The molecule has 15 heavy (non-hydrogen) atoms. The second-order valence-electron chi connectivity index (χ2n) is 2.96. The maximum absolute atomic E-state index is 10.8. The number of fused-ring (bicyclic) bond motifs is 1. The number of thiophene rings is 1. The van der Waals surface area contributed by atoms with E-state index in [0.29, 0.717) is 15.9 Å². The predicted molar refractivity (Wildman–Crippen MR) is 63.1 cm³/mol. The molecule has 7 heteroatoms. The summed E-state index contributed by atoms with van der Waals surface area (Å²) in [6.45, 7) is 1.87. The third-order valence-corrected chi connectivity index (χ3v) is 4.40. The van der Waals surface area contributed by atoms with E-state index >= 15 is 0 Å². The third kappa shape index (κ3) is 1.47. The van der Waals surface area contributed by atoms with Crippen molar-refractivity contribution in [1.82, 2.24) is 4.98 Å². The molecule has 2 aromatic rings. The van der Waals surface area contributed by atoms with Gasteiger partial charge in [-0.3, -0.25) is 10.1 Å². The van der Waals surface area contributed by atoms with E-state index in [-0.39, 0.29) is 5.69 Å². The first-order valence-corrected chi connectivity index (χ1v) is 5.60. The Morgan fingerprint density at radius 2 is 2.33 bits per heavy atom. The Kier molecular flexibility index (Phi) is 2.35. The van der Waals surface area contributed by atoms with E-state index < -0.39 is 4.92 Å². The van der Waals surface area contributed by atoms with Crippen LogP contribution in [-0.4, -0.2) is 9.91 Å². The van der Waals surface area contributed by atoms with Crippen LogP contribution >= 0.6 is 27.3 Å². The normalized spacial score (nSPS) is 10.8. The van der Waals surface area contributed by atoms with Crippen LogP contribution in [0, 0.1) is 17.0 Å². The number of pyridine rings is 1. The van der Waals surface area contributed by atoms with Crippen LogP contribution in [0.1, 0.15) is 4.88 Å². The molecule has 2 aromatic heterocycles. The van der Waals surface area contributed by atoms with Crippen LogP contribution in [0.4, 0.5) is 11.5 Å². The van der Waals surface area contributed by atoms with Gasteiger partial charge in [0.15, 0.2) is 0 Å². The number of hydrogen-bond acceptors (Lipinski definition) is 5. The highest BCUT2D eigenvalue weighted by Gasteiger charge is 2.20. The maximum atomic E-state index is 10.8. The van der Waals surface area contributed by atoms with E-state index in [2.05, 4.69) is 20.9 Å². The van der Waals surface area contributed by atoms with Gasteiger partial charge in [-0.05, 0) is 22.9 Å². The average molecular weight is 288 g/mol. The van der Waals surface area contributed by atoms with Crippen LogP contribution in [-0.2, 0) is 0 Å².